The smallest absolute Gasteiger partial charge is 0.314 e. The number of hydrogen-bond donors (Lipinski definition) is 1. The Bertz CT molecular complexity index is 1330. The third-order valence-electron chi connectivity index (χ3n) is 5.65. The minimum Gasteiger partial charge on any atom is -0.415 e. The molecule has 2 atom stereocenters. The maximum atomic E-state index is 13.4. The zero-order valence-electron chi connectivity index (χ0n) is 17.5. The van der Waals surface area contributed by atoms with E-state index in [1.165, 1.54) is 35.2 Å². The van der Waals surface area contributed by atoms with Gasteiger partial charge in [0, 0.05) is 23.9 Å². The summed E-state index contributed by atoms with van der Waals surface area (Å²) in [6.07, 6.45) is -2.53. The molecule has 10 heteroatoms. The second kappa shape index (κ2) is 8.71. The highest BCUT2D eigenvalue weighted by atomic mass is 19.3. The lowest BCUT2D eigenvalue weighted by Crippen LogP contribution is -2.34. The third kappa shape index (κ3) is 3.92. The molecular weight excluding hydrogens is 449 g/mol. The first-order valence-corrected chi connectivity index (χ1v) is 10.3. The first-order chi connectivity index (χ1) is 16.4. The summed E-state index contributed by atoms with van der Waals surface area (Å²) in [6.45, 7) is 0.181. The lowest BCUT2D eigenvalue weighted by Gasteiger charge is -2.31. The molecule has 1 aliphatic heterocycles. The van der Waals surface area contributed by atoms with Crippen LogP contribution in [0.5, 0.6) is 0 Å². The highest BCUT2D eigenvalue weighted by Gasteiger charge is 2.38. The molecule has 0 radical (unpaired) electrons. The minimum absolute atomic E-state index is 0.128. The van der Waals surface area contributed by atoms with E-state index < -0.39 is 30.3 Å². The Morgan fingerprint density at radius 1 is 1.03 bits per heavy atom. The summed E-state index contributed by atoms with van der Waals surface area (Å²) in [7, 11) is 0. The number of aliphatic hydroxyl groups excluding tert-OH is 1. The number of halogens is 3. The molecule has 2 aromatic heterocycles. The summed E-state index contributed by atoms with van der Waals surface area (Å²) in [5, 5.41) is 18.2. The van der Waals surface area contributed by atoms with Gasteiger partial charge in [0.25, 0.3) is 11.8 Å². The Morgan fingerprint density at radius 2 is 1.82 bits per heavy atom. The van der Waals surface area contributed by atoms with Gasteiger partial charge in [0.15, 0.2) is 0 Å². The third-order valence-corrected chi connectivity index (χ3v) is 5.65. The second-order valence-electron chi connectivity index (χ2n) is 7.75. The number of fused-ring (bicyclic) bond motifs is 1. The Hall–Kier alpha value is -4.05. The van der Waals surface area contributed by atoms with Gasteiger partial charge < -0.3 is 14.4 Å². The topological polar surface area (TPSA) is 92.4 Å². The fraction of sp³-hybridized carbons (Fsp3) is 0.167. The Balaban J connectivity index is 1.50. The number of amides is 1. The van der Waals surface area contributed by atoms with Gasteiger partial charge in [-0.1, -0.05) is 24.3 Å². The standard InChI is InChI=1S/C24H17F3N4O3/c25-16-8-6-13(7-9-16)20(32)19(18-3-1-2-10-28-18)31-12-15-5-4-14(11-17(15)24(31)33)22-29-30-23(34-22)21(26)27/h1-11,19-21,32H,12H2/t19-,20-/m1/s1. The van der Waals surface area contributed by atoms with Crippen molar-refractivity contribution in [1.82, 2.24) is 20.1 Å². The predicted molar refractivity (Wildman–Crippen MR) is 113 cm³/mol. The molecule has 1 aliphatic rings. The molecule has 0 aliphatic carbocycles. The van der Waals surface area contributed by atoms with E-state index in [2.05, 4.69) is 15.2 Å². The Kier molecular flexibility index (Phi) is 5.58. The molecule has 4 aromatic rings. The minimum atomic E-state index is -2.90. The molecule has 2 aromatic carbocycles. The van der Waals surface area contributed by atoms with Crippen molar-refractivity contribution in [1.29, 1.82) is 0 Å². The van der Waals surface area contributed by atoms with Gasteiger partial charge in [-0.25, -0.2) is 4.39 Å². The van der Waals surface area contributed by atoms with Gasteiger partial charge in [-0.3, -0.25) is 9.78 Å². The molecule has 0 saturated carbocycles. The Morgan fingerprint density at radius 3 is 2.50 bits per heavy atom. The maximum Gasteiger partial charge on any atom is 0.314 e. The van der Waals surface area contributed by atoms with E-state index >= 15 is 0 Å². The normalized spacial score (nSPS) is 15.0. The Labute approximate surface area is 191 Å². The van der Waals surface area contributed by atoms with Gasteiger partial charge in [0.2, 0.25) is 5.89 Å². The number of benzene rings is 2. The van der Waals surface area contributed by atoms with Crippen molar-refractivity contribution in [3.63, 3.8) is 0 Å². The number of carbonyl (C=O) groups excluding carboxylic acids is 1. The molecule has 3 heterocycles. The number of hydrogen-bond acceptors (Lipinski definition) is 6. The van der Waals surface area contributed by atoms with Crippen molar-refractivity contribution in [2.24, 2.45) is 0 Å². The molecule has 0 bridgehead atoms. The lowest BCUT2D eigenvalue weighted by atomic mass is 9.97. The van der Waals surface area contributed by atoms with Crippen LogP contribution in [0.1, 0.15) is 51.6 Å². The van der Waals surface area contributed by atoms with Crippen molar-refractivity contribution in [3.05, 3.63) is 101 Å². The van der Waals surface area contributed by atoms with Crippen molar-refractivity contribution < 1.29 is 27.5 Å². The van der Waals surface area contributed by atoms with E-state index in [1.54, 1.807) is 36.5 Å². The lowest BCUT2D eigenvalue weighted by molar-refractivity contribution is 0.0347. The zero-order valence-corrected chi connectivity index (χ0v) is 17.5. The van der Waals surface area contributed by atoms with E-state index in [0.29, 0.717) is 27.9 Å². The quantitative estimate of drug-likeness (QED) is 0.445. The number of aromatic nitrogens is 3. The molecule has 0 fully saturated rings. The molecule has 1 N–H and O–H groups in total. The van der Waals surface area contributed by atoms with Gasteiger partial charge in [-0.2, -0.15) is 8.78 Å². The summed E-state index contributed by atoms with van der Waals surface area (Å²) < 4.78 is 44.0. The molecule has 7 nitrogen and oxygen atoms in total. The average Bonchev–Trinajstić information content (AvgIpc) is 3.46. The predicted octanol–water partition coefficient (Wildman–Crippen LogP) is 4.64. The van der Waals surface area contributed by atoms with Gasteiger partial charge in [0.1, 0.15) is 18.0 Å². The van der Waals surface area contributed by atoms with Crippen LogP contribution in [0.4, 0.5) is 13.2 Å². The molecule has 0 unspecified atom stereocenters. The van der Waals surface area contributed by atoms with Gasteiger partial charge in [0.05, 0.1) is 5.69 Å². The van der Waals surface area contributed by atoms with Gasteiger partial charge in [-0.05, 0) is 47.5 Å². The molecule has 5 rings (SSSR count). The molecule has 1 amide bonds. The molecule has 172 valence electrons. The maximum absolute atomic E-state index is 13.4. The van der Waals surface area contributed by atoms with E-state index in [1.807, 2.05) is 0 Å². The summed E-state index contributed by atoms with van der Waals surface area (Å²) in [5.74, 6) is -1.76. The van der Waals surface area contributed by atoms with Crippen LogP contribution in [0.2, 0.25) is 0 Å². The zero-order chi connectivity index (χ0) is 23.8. The van der Waals surface area contributed by atoms with Crippen LogP contribution < -0.4 is 0 Å². The van der Waals surface area contributed by atoms with E-state index in [4.69, 9.17) is 4.42 Å². The summed E-state index contributed by atoms with van der Waals surface area (Å²) in [6, 6.07) is 14.5. The van der Waals surface area contributed by atoms with Crippen LogP contribution in [0.15, 0.2) is 71.3 Å². The van der Waals surface area contributed by atoms with Crippen LogP contribution in [0, 0.1) is 5.82 Å². The first-order valence-electron chi connectivity index (χ1n) is 10.3. The first kappa shape index (κ1) is 21.8. The summed E-state index contributed by atoms with van der Waals surface area (Å²) in [5.41, 5.74) is 2.20. The van der Waals surface area contributed by atoms with Crippen LogP contribution in [-0.4, -0.2) is 31.1 Å². The fourth-order valence-electron chi connectivity index (χ4n) is 4.01. The van der Waals surface area contributed by atoms with Crippen LogP contribution >= 0.6 is 0 Å². The average molecular weight is 466 g/mol. The number of pyridine rings is 1. The van der Waals surface area contributed by atoms with Crippen LogP contribution in [0.3, 0.4) is 0 Å². The molecular formula is C24H17F3N4O3. The van der Waals surface area contributed by atoms with Gasteiger partial charge >= 0.3 is 6.43 Å². The van der Waals surface area contributed by atoms with E-state index in [-0.39, 0.29) is 18.3 Å². The van der Waals surface area contributed by atoms with Crippen molar-refractivity contribution in [3.8, 4) is 11.5 Å². The van der Waals surface area contributed by atoms with E-state index in [0.717, 1.165) is 0 Å². The highest BCUT2D eigenvalue weighted by Crippen LogP contribution is 2.39. The number of nitrogens with zero attached hydrogens (tertiary/aromatic N) is 4. The highest BCUT2D eigenvalue weighted by molar-refractivity contribution is 5.99. The SMILES string of the molecule is O=C1c2cc(-c3nnc(C(F)F)o3)ccc2CN1[C@H](c1ccccn1)[C@H](O)c1ccc(F)cc1. The number of rotatable bonds is 6. The van der Waals surface area contributed by atoms with Crippen LogP contribution in [0.25, 0.3) is 11.5 Å². The monoisotopic (exact) mass is 466 g/mol. The molecule has 0 saturated heterocycles. The number of carbonyl (C=O) groups is 1. The van der Waals surface area contributed by atoms with Crippen molar-refractivity contribution in [2.75, 3.05) is 0 Å². The number of aliphatic hydroxyl groups is 1. The van der Waals surface area contributed by atoms with Gasteiger partial charge in [-0.15, -0.1) is 10.2 Å². The largest absolute Gasteiger partial charge is 0.415 e. The van der Waals surface area contributed by atoms with Crippen molar-refractivity contribution in [2.45, 2.75) is 25.1 Å². The molecule has 34 heavy (non-hydrogen) atoms. The van der Waals surface area contributed by atoms with Crippen LogP contribution in [-0.2, 0) is 6.54 Å². The van der Waals surface area contributed by atoms with Crippen molar-refractivity contribution >= 4 is 5.91 Å². The van der Waals surface area contributed by atoms with E-state index in [9.17, 15) is 23.1 Å². The fourth-order valence-corrected chi connectivity index (χ4v) is 4.01. The number of alkyl halides is 2. The molecule has 0 spiro atoms. The second-order valence-corrected chi connectivity index (χ2v) is 7.75. The summed E-state index contributed by atoms with van der Waals surface area (Å²) in [4.78, 5) is 19.3. The summed E-state index contributed by atoms with van der Waals surface area (Å²) >= 11 is 0.